The molecule has 1 saturated heterocycles. The number of rotatable bonds is 2. The number of anilines is 2. The van der Waals surface area contributed by atoms with E-state index in [0.717, 1.165) is 30.0 Å². The van der Waals surface area contributed by atoms with E-state index in [1.165, 1.54) is 0 Å². The Morgan fingerprint density at radius 2 is 1.63 bits per heavy atom. The summed E-state index contributed by atoms with van der Waals surface area (Å²) in [5.74, 6) is -0.261. The zero-order chi connectivity index (χ0) is 18.4. The predicted octanol–water partition coefficient (Wildman–Crippen LogP) is 2.34. The molecule has 2 aromatic carbocycles. The third kappa shape index (κ3) is 2.57. The number of benzene rings is 2. The molecule has 0 aliphatic carbocycles. The summed E-state index contributed by atoms with van der Waals surface area (Å²) in [6, 6.07) is 15.0. The number of hydrogen-bond acceptors (Lipinski definition) is 5. The van der Waals surface area contributed by atoms with Crippen molar-refractivity contribution in [3.05, 3.63) is 65.4 Å². The summed E-state index contributed by atoms with van der Waals surface area (Å²) in [5, 5.41) is 3.17. The highest BCUT2D eigenvalue weighted by Crippen LogP contribution is 2.41. The quantitative estimate of drug-likeness (QED) is 0.832. The first-order chi connectivity index (χ1) is 13.2. The number of amides is 1. The highest BCUT2D eigenvalue weighted by atomic mass is 16.5. The van der Waals surface area contributed by atoms with Crippen LogP contribution in [0.3, 0.4) is 0 Å². The zero-order valence-corrected chi connectivity index (χ0v) is 14.8. The van der Waals surface area contributed by atoms with Gasteiger partial charge in [0.25, 0.3) is 5.91 Å². The van der Waals surface area contributed by atoms with Crippen LogP contribution in [0.25, 0.3) is 5.57 Å². The van der Waals surface area contributed by atoms with Gasteiger partial charge in [0.15, 0.2) is 0 Å². The minimum atomic E-state index is -0.133. The molecule has 0 unspecified atom stereocenters. The van der Waals surface area contributed by atoms with Crippen molar-refractivity contribution < 1.29 is 14.3 Å². The molecular formula is C21H19N3O3. The van der Waals surface area contributed by atoms with Crippen LogP contribution in [0.15, 0.2) is 54.2 Å². The lowest BCUT2D eigenvalue weighted by atomic mass is 10.0. The van der Waals surface area contributed by atoms with E-state index in [1.807, 2.05) is 42.5 Å². The fourth-order valence-corrected chi connectivity index (χ4v) is 3.90. The van der Waals surface area contributed by atoms with E-state index in [4.69, 9.17) is 4.74 Å². The molecule has 1 fully saturated rings. The molecule has 0 bridgehead atoms. The van der Waals surface area contributed by atoms with Gasteiger partial charge in [0.2, 0.25) is 5.78 Å². The van der Waals surface area contributed by atoms with E-state index in [0.29, 0.717) is 36.7 Å². The number of carbonyl (C=O) groups is 2. The van der Waals surface area contributed by atoms with Gasteiger partial charge in [0.05, 0.1) is 31.1 Å². The van der Waals surface area contributed by atoms with Gasteiger partial charge in [-0.25, -0.2) is 0 Å². The van der Waals surface area contributed by atoms with Gasteiger partial charge in [-0.3, -0.25) is 19.4 Å². The first-order valence-electron chi connectivity index (χ1n) is 9.10. The topological polar surface area (TPSA) is 61.9 Å². The maximum Gasteiger partial charge on any atom is 0.262 e. The van der Waals surface area contributed by atoms with Crippen LogP contribution < -0.4 is 10.2 Å². The van der Waals surface area contributed by atoms with Crippen LogP contribution in [0.1, 0.15) is 15.9 Å². The zero-order valence-electron chi connectivity index (χ0n) is 14.8. The van der Waals surface area contributed by atoms with Crippen molar-refractivity contribution in [3.8, 4) is 0 Å². The summed E-state index contributed by atoms with van der Waals surface area (Å²) in [4.78, 5) is 30.2. The molecule has 5 rings (SSSR count). The Morgan fingerprint density at radius 3 is 2.41 bits per heavy atom. The molecule has 1 N–H and O–H groups in total. The molecule has 6 nitrogen and oxygen atoms in total. The van der Waals surface area contributed by atoms with Gasteiger partial charge in [-0.05, 0) is 18.2 Å². The first-order valence-corrected chi connectivity index (χ1v) is 9.10. The molecule has 0 radical (unpaired) electrons. The van der Waals surface area contributed by atoms with Crippen molar-refractivity contribution in [2.45, 2.75) is 0 Å². The van der Waals surface area contributed by atoms with Crippen molar-refractivity contribution >= 4 is 28.6 Å². The van der Waals surface area contributed by atoms with Crippen LogP contribution in [-0.4, -0.2) is 49.6 Å². The molecule has 0 saturated carbocycles. The van der Waals surface area contributed by atoms with Crippen molar-refractivity contribution in [1.82, 2.24) is 4.90 Å². The summed E-state index contributed by atoms with van der Waals surface area (Å²) in [7, 11) is 0. The van der Waals surface area contributed by atoms with Gasteiger partial charge in [-0.1, -0.05) is 30.3 Å². The average Bonchev–Trinajstić information content (AvgIpc) is 3.18. The minimum Gasteiger partial charge on any atom is -0.379 e. The van der Waals surface area contributed by atoms with E-state index < -0.39 is 0 Å². The van der Waals surface area contributed by atoms with E-state index in [9.17, 15) is 9.59 Å². The second kappa shape index (κ2) is 6.33. The maximum atomic E-state index is 13.3. The molecule has 0 aromatic heterocycles. The van der Waals surface area contributed by atoms with E-state index >= 15 is 0 Å². The molecule has 136 valence electrons. The lowest BCUT2D eigenvalue weighted by Crippen LogP contribution is -2.45. The fraction of sp³-hybridized carbons (Fsp3) is 0.238. The van der Waals surface area contributed by atoms with E-state index in [2.05, 4.69) is 10.2 Å². The molecule has 6 heteroatoms. The first kappa shape index (κ1) is 16.2. The lowest BCUT2D eigenvalue weighted by Gasteiger charge is -2.30. The Labute approximate surface area is 157 Å². The van der Waals surface area contributed by atoms with Crippen LogP contribution in [0.2, 0.25) is 0 Å². The number of ether oxygens (including phenoxy) is 1. The van der Waals surface area contributed by atoms with E-state index in [1.54, 1.807) is 11.0 Å². The number of carbonyl (C=O) groups excluding carboxylic acids is 2. The monoisotopic (exact) mass is 361 g/mol. The van der Waals surface area contributed by atoms with Crippen LogP contribution in [0, 0.1) is 0 Å². The highest BCUT2D eigenvalue weighted by Gasteiger charge is 2.39. The van der Waals surface area contributed by atoms with Gasteiger partial charge < -0.3 is 10.1 Å². The van der Waals surface area contributed by atoms with Crippen LogP contribution in [0.5, 0.6) is 0 Å². The molecular weight excluding hydrogens is 342 g/mol. The second-order valence-electron chi connectivity index (χ2n) is 6.87. The van der Waals surface area contributed by atoms with Crippen LogP contribution in [-0.2, 0) is 9.53 Å². The lowest BCUT2D eigenvalue weighted by molar-refractivity contribution is -0.113. The Hall–Kier alpha value is -2.96. The van der Waals surface area contributed by atoms with Gasteiger partial charge in [0, 0.05) is 29.9 Å². The third-order valence-corrected chi connectivity index (χ3v) is 5.28. The third-order valence-electron chi connectivity index (χ3n) is 5.28. The number of nitrogens with one attached hydrogen (secondary N) is 1. The highest BCUT2D eigenvalue weighted by molar-refractivity contribution is 6.39. The minimum absolute atomic E-state index is 0.128. The smallest absolute Gasteiger partial charge is 0.262 e. The average molecular weight is 361 g/mol. The summed E-state index contributed by atoms with van der Waals surface area (Å²) < 4.78 is 5.40. The molecule has 0 spiro atoms. The normalized spacial score (nSPS) is 22.0. The molecule has 27 heavy (non-hydrogen) atoms. The van der Waals surface area contributed by atoms with Crippen molar-refractivity contribution in [1.29, 1.82) is 0 Å². The van der Waals surface area contributed by atoms with Crippen molar-refractivity contribution in [3.63, 3.8) is 0 Å². The standard InChI is InChI=1S/C21H19N3O3/c25-20-14-5-1-3-7-16(14)22-19(20)18-15-6-2-4-8-17(15)24(21(18)26)13-23-9-11-27-12-10-23/h1-8,22H,9-13H2/b19-18-. The number of morpholine rings is 1. The Bertz CT molecular complexity index is 976. The Balaban J connectivity index is 1.56. The number of fused-ring (bicyclic) bond motifs is 2. The predicted molar refractivity (Wildman–Crippen MR) is 103 cm³/mol. The van der Waals surface area contributed by atoms with Gasteiger partial charge in [-0.2, -0.15) is 0 Å². The number of allylic oxidation sites excluding steroid dienone is 1. The van der Waals surface area contributed by atoms with E-state index in [-0.39, 0.29) is 11.7 Å². The summed E-state index contributed by atoms with van der Waals surface area (Å²) >= 11 is 0. The largest absolute Gasteiger partial charge is 0.379 e. The molecule has 1 amide bonds. The van der Waals surface area contributed by atoms with Crippen molar-refractivity contribution in [2.24, 2.45) is 0 Å². The molecule has 3 aliphatic heterocycles. The Kier molecular flexibility index (Phi) is 3.81. The Morgan fingerprint density at radius 1 is 0.926 bits per heavy atom. The summed E-state index contributed by atoms with van der Waals surface area (Å²) in [6.45, 7) is 3.43. The maximum absolute atomic E-state index is 13.3. The number of hydrogen-bond donors (Lipinski definition) is 1. The van der Waals surface area contributed by atoms with Gasteiger partial charge in [-0.15, -0.1) is 0 Å². The summed E-state index contributed by atoms with van der Waals surface area (Å²) in [5.41, 5.74) is 3.85. The number of ketones is 1. The van der Waals surface area contributed by atoms with Gasteiger partial charge in [0.1, 0.15) is 5.70 Å². The van der Waals surface area contributed by atoms with Gasteiger partial charge >= 0.3 is 0 Å². The SMILES string of the molecule is O=C1/C(=C2/C(=O)N(CN3CCOCC3)c3ccccc32)Nc2ccccc21. The number of para-hydroxylation sites is 2. The summed E-state index contributed by atoms with van der Waals surface area (Å²) in [6.07, 6.45) is 0. The second-order valence-corrected chi connectivity index (χ2v) is 6.87. The number of nitrogens with zero attached hydrogens (tertiary/aromatic N) is 2. The molecule has 0 atom stereocenters. The van der Waals surface area contributed by atoms with Crippen LogP contribution >= 0.6 is 0 Å². The van der Waals surface area contributed by atoms with Crippen molar-refractivity contribution in [2.75, 3.05) is 43.2 Å². The number of Topliss-reactive ketones (excluding diaryl/α,β-unsaturated/α-hetero) is 1. The van der Waals surface area contributed by atoms with Crippen LogP contribution in [0.4, 0.5) is 11.4 Å². The molecule has 3 aliphatic rings. The molecule has 2 aromatic rings. The fourth-order valence-electron chi connectivity index (χ4n) is 3.90. The molecule has 3 heterocycles.